The minimum Gasteiger partial charge on any atom is -0.379 e. The van der Waals surface area contributed by atoms with Gasteiger partial charge in [-0.3, -0.25) is 24.2 Å². The number of hydrogen-bond acceptors (Lipinski definition) is 15. The number of carbonyl (C=O) groups excluding carboxylic acids is 3. The first-order valence-corrected chi connectivity index (χ1v) is 17.6. The highest BCUT2D eigenvalue weighted by Crippen LogP contribution is 2.12. The van der Waals surface area contributed by atoms with Crippen LogP contribution in [-0.2, 0) is 44.6 Å². The van der Waals surface area contributed by atoms with Gasteiger partial charge < -0.3 is 50.1 Å². The molecule has 0 aliphatic rings. The second-order valence-corrected chi connectivity index (χ2v) is 11.8. The zero-order chi connectivity index (χ0) is 38.1. The van der Waals surface area contributed by atoms with E-state index in [0.29, 0.717) is 116 Å². The summed E-state index contributed by atoms with van der Waals surface area (Å²) in [4.78, 5) is 62.6. The van der Waals surface area contributed by atoms with Crippen LogP contribution in [0.1, 0.15) is 49.2 Å². The first-order chi connectivity index (χ1) is 25.7. The van der Waals surface area contributed by atoms with Crippen molar-refractivity contribution in [2.24, 2.45) is 0 Å². The van der Waals surface area contributed by atoms with Gasteiger partial charge in [0.1, 0.15) is 5.78 Å². The second kappa shape index (κ2) is 25.4. The van der Waals surface area contributed by atoms with Gasteiger partial charge in [-0.05, 0) is 44.5 Å². The molecule has 18 nitrogen and oxygen atoms in total. The summed E-state index contributed by atoms with van der Waals surface area (Å²) in [5, 5.41) is 8.91. The molecule has 0 aliphatic heterocycles. The predicted octanol–water partition coefficient (Wildman–Crippen LogP) is 1.00. The molecule has 3 rings (SSSR count). The molecular formula is C35H52N8O10. The minimum absolute atomic E-state index is 0.0248. The molecule has 2 heterocycles. The summed E-state index contributed by atoms with van der Waals surface area (Å²) in [6.07, 6.45) is 2.68. The van der Waals surface area contributed by atoms with Gasteiger partial charge in [-0.1, -0.05) is 0 Å². The molecule has 0 saturated heterocycles. The van der Waals surface area contributed by atoms with E-state index in [0.717, 1.165) is 5.69 Å². The van der Waals surface area contributed by atoms with Crippen LogP contribution in [0.25, 0.3) is 11.2 Å². The number of nitrogens with two attached hydrogens (primary N) is 1. The number of hydrogen-bond donors (Lipinski definition) is 5. The summed E-state index contributed by atoms with van der Waals surface area (Å²) in [6, 6.07) is 6.70. The molecule has 0 bridgehead atoms. The Hall–Kier alpha value is -4.59. The maximum atomic E-state index is 12.7. The van der Waals surface area contributed by atoms with Gasteiger partial charge in [-0.2, -0.15) is 4.98 Å². The number of carbonyl (C=O) groups is 3. The average Bonchev–Trinajstić information content (AvgIpc) is 3.13. The maximum Gasteiger partial charge on any atom is 0.280 e. The SMILES string of the molecule is CC(=O)CCOCCOCCOCCOCCOCCOCCNC(=O)CC[C@@H](C)NC(=O)c1ccc(NCc2cnc3nc(N)[nH]c(=O)c3n2)cc1. The molecule has 0 saturated carbocycles. The molecular weight excluding hydrogens is 692 g/mol. The van der Waals surface area contributed by atoms with E-state index in [4.69, 9.17) is 34.2 Å². The average molecular weight is 745 g/mol. The lowest BCUT2D eigenvalue weighted by Crippen LogP contribution is -2.34. The number of rotatable bonds is 29. The number of nitrogen functional groups attached to an aromatic ring is 1. The topological polar surface area (TPSA) is 240 Å². The number of nitrogens with zero attached hydrogens (tertiary/aromatic N) is 3. The highest BCUT2D eigenvalue weighted by atomic mass is 16.6. The molecule has 2 amide bonds. The van der Waals surface area contributed by atoms with E-state index in [9.17, 15) is 19.2 Å². The summed E-state index contributed by atoms with van der Waals surface area (Å²) in [6.45, 7) is 9.31. The van der Waals surface area contributed by atoms with E-state index >= 15 is 0 Å². The Labute approximate surface area is 308 Å². The fourth-order valence-electron chi connectivity index (χ4n) is 4.48. The minimum atomic E-state index is -0.463. The second-order valence-electron chi connectivity index (χ2n) is 11.8. The number of aromatic nitrogens is 4. The largest absolute Gasteiger partial charge is 0.379 e. The smallest absolute Gasteiger partial charge is 0.280 e. The third-order valence-corrected chi connectivity index (χ3v) is 7.32. The summed E-state index contributed by atoms with van der Waals surface area (Å²) in [7, 11) is 0. The van der Waals surface area contributed by atoms with Crippen LogP contribution < -0.4 is 27.2 Å². The van der Waals surface area contributed by atoms with Gasteiger partial charge in [0.05, 0.1) is 97.7 Å². The van der Waals surface area contributed by atoms with Crippen LogP contribution in [0.2, 0.25) is 0 Å². The fourth-order valence-corrected chi connectivity index (χ4v) is 4.48. The number of benzene rings is 1. The summed E-state index contributed by atoms with van der Waals surface area (Å²) < 4.78 is 32.5. The first kappa shape index (κ1) is 42.8. The van der Waals surface area contributed by atoms with Gasteiger partial charge in [0, 0.05) is 36.7 Å². The number of Topliss-reactive ketones (excluding diaryl/α,β-unsaturated/α-hetero) is 1. The molecule has 0 spiro atoms. The monoisotopic (exact) mass is 744 g/mol. The zero-order valence-electron chi connectivity index (χ0n) is 30.5. The molecule has 0 radical (unpaired) electrons. The molecule has 2 aromatic heterocycles. The Morgan fingerprint density at radius 2 is 1.36 bits per heavy atom. The fraction of sp³-hybridized carbons (Fsp3) is 0.571. The molecule has 0 fully saturated rings. The Morgan fingerprint density at radius 1 is 0.792 bits per heavy atom. The summed E-state index contributed by atoms with van der Waals surface area (Å²) in [5.74, 6) is -0.281. The van der Waals surface area contributed by atoms with E-state index in [-0.39, 0.29) is 47.2 Å². The van der Waals surface area contributed by atoms with Gasteiger partial charge >= 0.3 is 0 Å². The van der Waals surface area contributed by atoms with Crippen LogP contribution in [0.3, 0.4) is 0 Å². The molecule has 0 unspecified atom stereocenters. The molecule has 1 aromatic carbocycles. The normalized spacial score (nSPS) is 11.7. The standard InChI is InChI=1S/C35H52N8O10/c1-25(40-33(46)27-4-6-28(7-5-27)38-23-29-24-39-32-31(41-29)34(47)43-35(36)42-32)3-8-30(45)37-10-12-49-14-16-51-18-20-53-22-21-52-19-17-50-15-13-48-11-9-26(2)44/h4-7,24-25,38H,3,8-23H2,1-2H3,(H,37,45)(H,40,46)(H3,36,39,42,43,47)/t25-/m1/s1. The van der Waals surface area contributed by atoms with E-state index in [1.807, 2.05) is 6.92 Å². The van der Waals surface area contributed by atoms with Crippen LogP contribution in [-0.4, -0.2) is 129 Å². The number of amides is 2. The molecule has 6 N–H and O–H groups in total. The van der Waals surface area contributed by atoms with Crippen molar-refractivity contribution < 1.29 is 42.8 Å². The first-order valence-electron chi connectivity index (χ1n) is 17.6. The van der Waals surface area contributed by atoms with Crippen molar-refractivity contribution in [3.05, 3.63) is 52.1 Å². The van der Waals surface area contributed by atoms with Gasteiger partial charge in [0.2, 0.25) is 11.9 Å². The van der Waals surface area contributed by atoms with Gasteiger partial charge in [0.25, 0.3) is 11.5 Å². The van der Waals surface area contributed by atoms with Gasteiger partial charge in [-0.25, -0.2) is 9.97 Å². The number of anilines is 2. The molecule has 0 aliphatic carbocycles. The van der Waals surface area contributed by atoms with Crippen LogP contribution in [0.5, 0.6) is 0 Å². The third-order valence-electron chi connectivity index (χ3n) is 7.32. The Bertz CT molecular complexity index is 1590. The Morgan fingerprint density at radius 3 is 1.94 bits per heavy atom. The molecule has 18 heteroatoms. The van der Waals surface area contributed by atoms with Crippen LogP contribution in [0.4, 0.5) is 11.6 Å². The number of H-pyrrole nitrogens is 1. The van der Waals surface area contributed by atoms with Gasteiger partial charge in [0.15, 0.2) is 11.2 Å². The molecule has 3 aromatic rings. The van der Waals surface area contributed by atoms with Crippen molar-refractivity contribution in [3.8, 4) is 0 Å². The van der Waals surface area contributed by atoms with Crippen molar-refractivity contribution in [3.63, 3.8) is 0 Å². The van der Waals surface area contributed by atoms with Crippen molar-refractivity contribution in [2.75, 3.05) is 96.9 Å². The van der Waals surface area contributed by atoms with Crippen molar-refractivity contribution in [2.45, 2.75) is 45.7 Å². The number of aromatic amines is 1. The lowest BCUT2D eigenvalue weighted by atomic mass is 10.1. The van der Waals surface area contributed by atoms with E-state index in [1.165, 1.54) is 13.1 Å². The summed E-state index contributed by atoms with van der Waals surface area (Å²) >= 11 is 0. The van der Waals surface area contributed by atoms with Crippen LogP contribution in [0.15, 0.2) is 35.3 Å². The van der Waals surface area contributed by atoms with Crippen molar-refractivity contribution in [1.82, 2.24) is 30.6 Å². The van der Waals surface area contributed by atoms with E-state index in [1.54, 1.807) is 24.3 Å². The number of nitrogens with one attached hydrogen (secondary N) is 4. The number of ether oxygens (including phenoxy) is 6. The van der Waals surface area contributed by atoms with E-state index < -0.39 is 5.56 Å². The number of ketones is 1. The summed E-state index contributed by atoms with van der Waals surface area (Å²) in [5.41, 5.74) is 7.11. The third kappa shape index (κ3) is 18.6. The highest BCUT2D eigenvalue weighted by molar-refractivity contribution is 5.94. The molecule has 1 atom stereocenters. The Balaban J connectivity index is 1.11. The van der Waals surface area contributed by atoms with Crippen molar-refractivity contribution >= 4 is 40.4 Å². The lowest BCUT2D eigenvalue weighted by molar-refractivity contribution is -0.121. The predicted molar refractivity (Wildman–Crippen MR) is 196 cm³/mol. The van der Waals surface area contributed by atoms with Crippen molar-refractivity contribution in [1.29, 1.82) is 0 Å². The van der Waals surface area contributed by atoms with Crippen LogP contribution >= 0.6 is 0 Å². The molecule has 53 heavy (non-hydrogen) atoms. The molecule has 292 valence electrons. The quantitative estimate of drug-likeness (QED) is 0.0623. The van der Waals surface area contributed by atoms with Crippen LogP contribution in [0, 0.1) is 0 Å². The highest BCUT2D eigenvalue weighted by Gasteiger charge is 2.12. The van der Waals surface area contributed by atoms with E-state index in [2.05, 4.69) is 35.9 Å². The zero-order valence-corrected chi connectivity index (χ0v) is 30.5. The lowest BCUT2D eigenvalue weighted by Gasteiger charge is -2.14. The maximum absolute atomic E-state index is 12.7. The Kier molecular flexibility index (Phi) is 20.5. The van der Waals surface area contributed by atoms with Gasteiger partial charge in [-0.15, -0.1) is 0 Å². The number of fused-ring (bicyclic) bond motifs is 1.